The van der Waals surface area contributed by atoms with Gasteiger partial charge in [-0.15, -0.1) is 0 Å². The maximum Gasteiger partial charge on any atom is 0.342 e. The monoisotopic (exact) mass is 629 g/mol. The zero-order chi connectivity index (χ0) is 32.6. The van der Waals surface area contributed by atoms with Gasteiger partial charge in [-0.05, 0) is 86.1 Å². The Morgan fingerprint density at radius 1 is 0.978 bits per heavy atom. The Balaban J connectivity index is 1.49. The first-order valence-corrected chi connectivity index (χ1v) is 15.6. The second-order valence-electron chi connectivity index (χ2n) is 11.7. The molecule has 46 heavy (non-hydrogen) atoms. The van der Waals surface area contributed by atoms with Crippen LogP contribution >= 0.6 is 0 Å². The Labute approximate surface area is 267 Å². The topological polar surface area (TPSA) is 152 Å². The number of allylic oxidation sites excluding steroid dienone is 1. The first-order chi connectivity index (χ1) is 22.2. The summed E-state index contributed by atoms with van der Waals surface area (Å²) in [5.74, 6) is -1.43. The number of fused-ring (bicyclic) bond motifs is 2. The first kappa shape index (κ1) is 32.4. The standard InChI is InChI=1S/C36H39NO9/c1-22-6-5-9-26(38)8-4-2-3-7-25-18-29(40)34(35(42)33(25)36(43)46-22)28(24-12-15-30-31(19-24)45-21-44-30)20-32(41)37-17-16-23-10-13-27(39)14-11-23/h3,7,10-15,18-19,22,28,39-40,42H,2,4-6,8-9,16-17,20-21H2,1H3,(H,37,41)/b7-3+/t22-,28?/m0/s1. The van der Waals surface area contributed by atoms with Crippen molar-refractivity contribution in [3.05, 3.63) is 82.4 Å². The van der Waals surface area contributed by atoms with Crippen LogP contribution in [0.5, 0.6) is 28.7 Å². The molecule has 0 radical (unpaired) electrons. The summed E-state index contributed by atoms with van der Waals surface area (Å²) in [6, 6.07) is 13.2. The third-order valence-corrected chi connectivity index (χ3v) is 8.26. The maximum absolute atomic E-state index is 13.6. The highest BCUT2D eigenvalue weighted by atomic mass is 16.7. The molecule has 0 aliphatic carbocycles. The number of hydrogen-bond acceptors (Lipinski definition) is 9. The molecule has 5 rings (SSSR count). The summed E-state index contributed by atoms with van der Waals surface area (Å²) in [4.78, 5) is 39.1. The predicted molar refractivity (Wildman–Crippen MR) is 170 cm³/mol. The van der Waals surface area contributed by atoms with Crippen LogP contribution in [0.3, 0.4) is 0 Å². The van der Waals surface area contributed by atoms with E-state index in [4.69, 9.17) is 14.2 Å². The van der Waals surface area contributed by atoms with Gasteiger partial charge in [0.15, 0.2) is 11.5 Å². The van der Waals surface area contributed by atoms with Crippen molar-refractivity contribution in [1.29, 1.82) is 0 Å². The van der Waals surface area contributed by atoms with E-state index in [1.807, 2.05) is 0 Å². The van der Waals surface area contributed by atoms with Gasteiger partial charge in [0.25, 0.3) is 0 Å². The van der Waals surface area contributed by atoms with E-state index in [9.17, 15) is 29.7 Å². The molecule has 3 aromatic rings. The van der Waals surface area contributed by atoms with Gasteiger partial charge in [-0.3, -0.25) is 9.59 Å². The van der Waals surface area contributed by atoms with Crippen LogP contribution in [0.15, 0.2) is 54.6 Å². The molecule has 10 heteroatoms. The second kappa shape index (κ2) is 14.9. The summed E-state index contributed by atoms with van der Waals surface area (Å²) < 4.78 is 16.7. The van der Waals surface area contributed by atoms with Crippen molar-refractivity contribution in [2.24, 2.45) is 0 Å². The number of rotatable bonds is 7. The molecule has 2 atom stereocenters. The number of phenols is 3. The molecule has 0 saturated heterocycles. The number of benzene rings is 3. The molecule has 0 aromatic heterocycles. The van der Waals surface area contributed by atoms with Gasteiger partial charge < -0.3 is 34.8 Å². The molecule has 2 aliphatic heterocycles. The highest BCUT2D eigenvalue weighted by Crippen LogP contribution is 2.46. The van der Waals surface area contributed by atoms with Crippen molar-refractivity contribution in [1.82, 2.24) is 5.32 Å². The van der Waals surface area contributed by atoms with Gasteiger partial charge in [0, 0.05) is 37.3 Å². The van der Waals surface area contributed by atoms with E-state index in [1.54, 1.807) is 61.5 Å². The van der Waals surface area contributed by atoms with Crippen LogP contribution in [0.4, 0.5) is 0 Å². The summed E-state index contributed by atoms with van der Waals surface area (Å²) in [7, 11) is 0. The molecule has 242 valence electrons. The smallest absolute Gasteiger partial charge is 0.342 e. The van der Waals surface area contributed by atoms with Crippen molar-refractivity contribution in [3.8, 4) is 28.7 Å². The number of carbonyl (C=O) groups excluding carboxylic acids is 3. The van der Waals surface area contributed by atoms with E-state index < -0.39 is 23.7 Å². The number of amides is 1. The summed E-state index contributed by atoms with van der Waals surface area (Å²) >= 11 is 0. The van der Waals surface area contributed by atoms with Crippen LogP contribution in [-0.2, 0) is 20.7 Å². The van der Waals surface area contributed by atoms with Crippen LogP contribution in [0.25, 0.3) is 6.08 Å². The molecule has 4 N–H and O–H groups in total. The van der Waals surface area contributed by atoms with Crippen LogP contribution in [0, 0.1) is 0 Å². The molecule has 0 bridgehead atoms. The van der Waals surface area contributed by atoms with Gasteiger partial charge in [0.1, 0.15) is 28.6 Å². The average molecular weight is 630 g/mol. The Hall–Kier alpha value is -4.99. The van der Waals surface area contributed by atoms with Crippen molar-refractivity contribution in [3.63, 3.8) is 0 Å². The number of hydrogen-bond donors (Lipinski definition) is 4. The van der Waals surface area contributed by atoms with Crippen molar-refractivity contribution in [2.75, 3.05) is 13.3 Å². The second-order valence-corrected chi connectivity index (χ2v) is 11.7. The molecule has 3 aromatic carbocycles. The third kappa shape index (κ3) is 7.99. The van der Waals surface area contributed by atoms with Gasteiger partial charge >= 0.3 is 5.97 Å². The van der Waals surface area contributed by atoms with Gasteiger partial charge in [-0.2, -0.15) is 0 Å². The molecule has 2 aliphatic rings. The molecular formula is C36H39NO9. The van der Waals surface area contributed by atoms with E-state index in [0.29, 0.717) is 68.6 Å². The summed E-state index contributed by atoms with van der Waals surface area (Å²) in [6.45, 7) is 2.10. The number of ether oxygens (including phenoxy) is 3. The van der Waals surface area contributed by atoms with E-state index in [1.165, 1.54) is 6.07 Å². The highest BCUT2D eigenvalue weighted by molar-refractivity contribution is 5.98. The van der Waals surface area contributed by atoms with E-state index in [-0.39, 0.29) is 53.1 Å². The van der Waals surface area contributed by atoms with E-state index >= 15 is 0 Å². The fourth-order valence-corrected chi connectivity index (χ4v) is 5.80. The predicted octanol–water partition coefficient (Wildman–Crippen LogP) is 5.89. The number of esters is 1. The summed E-state index contributed by atoms with van der Waals surface area (Å²) in [5.41, 5.74) is 1.66. The first-order valence-electron chi connectivity index (χ1n) is 15.6. The van der Waals surface area contributed by atoms with Gasteiger partial charge in [-0.1, -0.05) is 30.4 Å². The van der Waals surface area contributed by atoms with Gasteiger partial charge in [-0.25, -0.2) is 4.79 Å². The maximum atomic E-state index is 13.6. The number of ketones is 1. The number of cyclic esters (lactones) is 1. The normalized spacial score (nSPS) is 18.2. The number of nitrogens with one attached hydrogen (secondary N) is 1. The molecule has 0 saturated carbocycles. The van der Waals surface area contributed by atoms with Crippen LogP contribution in [0.1, 0.15) is 90.4 Å². The zero-order valence-electron chi connectivity index (χ0n) is 25.8. The van der Waals surface area contributed by atoms with Crippen molar-refractivity contribution < 1.29 is 43.9 Å². The third-order valence-electron chi connectivity index (χ3n) is 8.26. The van der Waals surface area contributed by atoms with Gasteiger partial charge in [0.05, 0.1) is 6.10 Å². The average Bonchev–Trinajstić information content (AvgIpc) is 3.49. The lowest BCUT2D eigenvalue weighted by Gasteiger charge is -2.23. The van der Waals surface area contributed by atoms with Crippen LogP contribution in [-0.4, -0.2) is 52.4 Å². The fraction of sp³-hybridized carbons (Fsp3) is 0.361. The quantitative estimate of drug-likeness (QED) is 0.234. The lowest BCUT2D eigenvalue weighted by Crippen LogP contribution is -2.27. The molecule has 2 heterocycles. The minimum absolute atomic E-state index is 0.0102. The Morgan fingerprint density at radius 2 is 1.74 bits per heavy atom. The minimum Gasteiger partial charge on any atom is -0.508 e. The molecule has 10 nitrogen and oxygen atoms in total. The number of phenolic OH excluding ortho intramolecular Hbond substituents is 3. The Bertz CT molecular complexity index is 1610. The highest BCUT2D eigenvalue weighted by Gasteiger charge is 2.31. The molecule has 1 unspecified atom stereocenters. The fourth-order valence-electron chi connectivity index (χ4n) is 5.80. The van der Waals surface area contributed by atoms with Crippen LogP contribution < -0.4 is 14.8 Å². The van der Waals surface area contributed by atoms with E-state index in [2.05, 4.69) is 5.32 Å². The summed E-state index contributed by atoms with van der Waals surface area (Å²) in [6.07, 6.45) is 6.44. The number of carbonyl (C=O) groups is 3. The number of Topliss-reactive ketones (excluding diaryl/α,β-unsaturated/α-hetero) is 1. The molecule has 0 fully saturated rings. The zero-order valence-corrected chi connectivity index (χ0v) is 25.8. The largest absolute Gasteiger partial charge is 0.508 e. The van der Waals surface area contributed by atoms with E-state index in [0.717, 1.165) is 5.56 Å². The van der Waals surface area contributed by atoms with Gasteiger partial charge in [0.2, 0.25) is 12.7 Å². The lowest BCUT2D eigenvalue weighted by atomic mass is 9.84. The number of aromatic hydroxyl groups is 3. The SMILES string of the molecule is C[C@H]1CCCC(=O)CCC/C=C/c2cc(O)c(C(CC(=O)NCCc3ccc(O)cc3)c3ccc4c(c3)OCO4)c(O)c2C(=O)O1. The lowest BCUT2D eigenvalue weighted by molar-refractivity contribution is -0.121. The molecule has 0 spiro atoms. The summed E-state index contributed by atoms with van der Waals surface area (Å²) in [5, 5.41) is 35.6. The Kier molecular flexibility index (Phi) is 10.5. The van der Waals surface area contributed by atoms with Crippen molar-refractivity contribution in [2.45, 2.75) is 70.3 Å². The molecule has 1 amide bonds. The minimum atomic E-state index is -0.873. The Morgan fingerprint density at radius 3 is 2.54 bits per heavy atom. The van der Waals surface area contributed by atoms with Crippen LogP contribution in [0.2, 0.25) is 0 Å². The molecular weight excluding hydrogens is 590 g/mol. The van der Waals surface area contributed by atoms with Crippen molar-refractivity contribution >= 4 is 23.7 Å².